The number of nitrogens with zero attached hydrogens (tertiary/aromatic N) is 6. The molecule has 0 aliphatic carbocycles. The summed E-state index contributed by atoms with van der Waals surface area (Å²) >= 11 is 0. The molecule has 5 heterocycles. The van der Waals surface area contributed by atoms with Gasteiger partial charge < -0.3 is 38.8 Å². The zero-order valence-electron chi connectivity index (χ0n) is 26.2. The van der Waals surface area contributed by atoms with Crippen LogP contribution in [0.5, 0.6) is 11.8 Å². The highest BCUT2D eigenvalue weighted by Gasteiger charge is 2.49. The fourth-order valence-electron chi connectivity index (χ4n) is 7.65. The molecule has 4 atom stereocenters. The van der Waals surface area contributed by atoms with Gasteiger partial charge in [-0.05, 0) is 50.7 Å². The number of amides is 1. The number of carboxylic acid groups (broad SMARTS) is 1. The predicted octanol–water partition coefficient (Wildman–Crippen LogP) is 3.60. The molecule has 3 saturated heterocycles. The van der Waals surface area contributed by atoms with Crippen LogP contribution in [-0.4, -0.2) is 116 Å². The van der Waals surface area contributed by atoms with Gasteiger partial charge in [-0.1, -0.05) is 24.3 Å². The van der Waals surface area contributed by atoms with E-state index >= 15 is 0 Å². The number of methoxy groups -OCH3 is 2. The van der Waals surface area contributed by atoms with Crippen molar-refractivity contribution in [3.05, 3.63) is 47.7 Å². The Hall–Kier alpha value is -3.87. The molecule has 2 bridgehead atoms. The van der Waals surface area contributed by atoms with Gasteiger partial charge in [0.25, 0.3) is 0 Å². The Morgan fingerprint density at radius 1 is 1.07 bits per heavy atom. The zero-order chi connectivity index (χ0) is 31.1. The smallest absolute Gasteiger partial charge is 0.408 e. The first-order valence-electron chi connectivity index (χ1n) is 15.8. The van der Waals surface area contributed by atoms with Crippen molar-refractivity contribution in [1.82, 2.24) is 19.8 Å². The molecular formula is C33H42N6O6. The summed E-state index contributed by atoms with van der Waals surface area (Å²) in [5, 5.41) is 12.2. The number of benzene rings is 2. The van der Waals surface area contributed by atoms with E-state index in [2.05, 4.69) is 46.0 Å². The summed E-state index contributed by atoms with van der Waals surface area (Å²) < 4.78 is 23.1. The maximum absolute atomic E-state index is 12.2. The second-order valence-corrected chi connectivity index (χ2v) is 12.6. The average Bonchev–Trinajstić information content (AvgIpc) is 3.57. The van der Waals surface area contributed by atoms with Crippen LogP contribution in [-0.2, 0) is 22.4 Å². The quantitative estimate of drug-likeness (QED) is 0.355. The Bertz CT molecular complexity index is 1560. The van der Waals surface area contributed by atoms with E-state index in [-0.39, 0.29) is 25.0 Å². The number of ether oxygens (including phenoxy) is 4. The van der Waals surface area contributed by atoms with Gasteiger partial charge in [0.1, 0.15) is 18.2 Å². The topological polar surface area (TPSA) is 113 Å². The number of hydrogen-bond acceptors (Lipinski definition) is 10. The minimum atomic E-state index is -0.891. The fraction of sp³-hybridized carbons (Fsp3) is 0.545. The lowest BCUT2D eigenvalue weighted by Gasteiger charge is -2.42. The number of rotatable bonds is 9. The van der Waals surface area contributed by atoms with Crippen LogP contribution in [0, 0.1) is 0 Å². The minimum absolute atomic E-state index is 0.140. The monoisotopic (exact) mass is 618 g/mol. The number of hydrogen-bond donors (Lipinski definition) is 1. The van der Waals surface area contributed by atoms with Crippen molar-refractivity contribution in [2.75, 3.05) is 70.6 Å². The van der Waals surface area contributed by atoms with E-state index in [0.717, 1.165) is 71.6 Å². The summed E-state index contributed by atoms with van der Waals surface area (Å²) in [7, 11) is 5.42. The standard InChI is InChI=1S/C33H42N6O6/c1-36-11-6-8-22(36)19-44-32-34-27-17-37(28-15-24(45-20-42-2)13-21-7-4-5-9-25(21)28)12-10-26(27)31(35-32)38-16-23-14-30(43-3)29(18-38)39(23)33(40)41/h4-5,7,9,13,15,22-23,29-30H,6,8,10-12,14,16-20H2,1-3H3,(H,40,41)/t22-,23+,29+,30+/m0/s1. The lowest BCUT2D eigenvalue weighted by Crippen LogP contribution is -2.57. The molecule has 1 amide bonds. The second-order valence-electron chi connectivity index (χ2n) is 12.6. The zero-order valence-corrected chi connectivity index (χ0v) is 26.2. The van der Waals surface area contributed by atoms with Crippen molar-refractivity contribution in [1.29, 1.82) is 0 Å². The lowest BCUT2D eigenvalue weighted by atomic mass is 10.0. The summed E-state index contributed by atoms with van der Waals surface area (Å²) in [6.07, 6.45) is 2.65. The summed E-state index contributed by atoms with van der Waals surface area (Å²) in [4.78, 5) is 30.7. The van der Waals surface area contributed by atoms with E-state index in [9.17, 15) is 9.90 Å². The maximum atomic E-state index is 12.2. The van der Waals surface area contributed by atoms with Gasteiger partial charge in [0.15, 0.2) is 6.79 Å². The number of carbonyl (C=O) groups is 1. The number of piperazine rings is 1. The SMILES string of the molecule is COCOc1cc(N2CCc3c(nc(OC[C@@H]4CCCN4C)nc3N3C[C@H]4C[C@@H](OC)[C@@H](C3)N4C(=O)O)C2)c2ccccc2c1. The number of likely N-dealkylation sites (tertiary alicyclic amines) is 1. The van der Waals surface area contributed by atoms with Crippen molar-refractivity contribution in [3.8, 4) is 11.8 Å². The molecule has 12 nitrogen and oxygen atoms in total. The van der Waals surface area contributed by atoms with E-state index in [1.807, 2.05) is 12.1 Å². The van der Waals surface area contributed by atoms with E-state index in [4.69, 9.17) is 28.9 Å². The van der Waals surface area contributed by atoms with Crippen LogP contribution in [0.15, 0.2) is 36.4 Å². The summed E-state index contributed by atoms with van der Waals surface area (Å²) in [5.74, 6) is 1.61. The predicted molar refractivity (Wildman–Crippen MR) is 169 cm³/mol. The third-order valence-electron chi connectivity index (χ3n) is 9.94. The summed E-state index contributed by atoms with van der Waals surface area (Å²) in [6.45, 7) is 4.22. The highest BCUT2D eigenvalue weighted by atomic mass is 16.7. The van der Waals surface area contributed by atoms with Crippen LogP contribution in [0.3, 0.4) is 0 Å². The summed E-state index contributed by atoms with van der Waals surface area (Å²) in [5.41, 5.74) is 3.12. The number of aromatic nitrogens is 2. The van der Waals surface area contributed by atoms with Gasteiger partial charge in [0.05, 0.1) is 30.4 Å². The Morgan fingerprint density at radius 3 is 2.71 bits per heavy atom. The molecule has 0 saturated carbocycles. The molecule has 3 fully saturated rings. The van der Waals surface area contributed by atoms with Crippen molar-refractivity contribution in [2.45, 2.75) is 56.5 Å². The van der Waals surface area contributed by atoms with Crippen molar-refractivity contribution in [2.24, 2.45) is 0 Å². The number of likely N-dealkylation sites (N-methyl/N-ethyl adjacent to an activating group) is 1. The van der Waals surface area contributed by atoms with Crippen molar-refractivity contribution < 1.29 is 28.8 Å². The van der Waals surface area contributed by atoms with Crippen LogP contribution in [0.2, 0.25) is 0 Å². The highest BCUT2D eigenvalue weighted by molar-refractivity contribution is 5.95. The molecule has 240 valence electrons. The van der Waals surface area contributed by atoms with Crippen LogP contribution < -0.4 is 19.3 Å². The molecule has 0 spiro atoms. The number of anilines is 2. The van der Waals surface area contributed by atoms with Gasteiger partial charge in [-0.15, -0.1) is 0 Å². The molecular weight excluding hydrogens is 576 g/mol. The van der Waals surface area contributed by atoms with Gasteiger partial charge >= 0.3 is 12.1 Å². The Kier molecular flexibility index (Phi) is 8.28. The minimum Gasteiger partial charge on any atom is -0.467 e. The average molecular weight is 619 g/mol. The second kappa shape index (κ2) is 12.5. The van der Waals surface area contributed by atoms with E-state index in [1.165, 1.54) is 0 Å². The van der Waals surface area contributed by atoms with Gasteiger partial charge in [-0.25, -0.2) is 4.79 Å². The first-order chi connectivity index (χ1) is 21.9. The molecule has 7 rings (SSSR count). The first-order valence-corrected chi connectivity index (χ1v) is 15.8. The van der Waals surface area contributed by atoms with Crippen LogP contribution in [0.25, 0.3) is 10.8 Å². The first kappa shape index (κ1) is 29.8. The normalized spacial score (nSPS) is 24.7. The van der Waals surface area contributed by atoms with E-state index < -0.39 is 6.09 Å². The Balaban J connectivity index is 1.23. The number of fused-ring (bicyclic) bond motifs is 4. The molecule has 0 unspecified atom stereocenters. The highest BCUT2D eigenvalue weighted by Crippen LogP contribution is 2.39. The van der Waals surface area contributed by atoms with Crippen LogP contribution in [0.1, 0.15) is 30.5 Å². The van der Waals surface area contributed by atoms with E-state index in [0.29, 0.717) is 44.7 Å². The van der Waals surface area contributed by atoms with E-state index in [1.54, 1.807) is 19.1 Å². The van der Waals surface area contributed by atoms with Crippen LogP contribution >= 0.6 is 0 Å². The van der Waals surface area contributed by atoms with Gasteiger partial charge in [-0.2, -0.15) is 9.97 Å². The van der Waals surface area contributed by atoms with Gasteiger partial charge in [0, 0.05) is 62.6 Å². The largest absolute Gasteiger partial charge is 0.467 e. The third kappa shape index (κ3) is 5.70. The molecule has 2 aromatic carbocycles. The molecule has 4 aliphatic heterocycles. The fourth-order valence-corrected chi connectivity index (χ4v) is 7.65. The molecule has 12 heteroatoms. The van der Waals surface area contributed by atoms with Gasteiger partial charge in [0.2, 0.25) is 0 Å². The van der Waals surface area contributed by atoms with Crippen LogP contribution in [0.4, 0.5) is 16.3 Å². The van der Waals surface area contributed by atoms with Crippen molar-refractivity contribution in [3.63, 3.8) is 0 Å². The summed E-state index contributed by atoms with van der Waals surface area (Å²) in [6, 6.07) is 12.8. The van der Waals surface area contributed by atoms with Gasteiger partial charge in [-0.3, -0.25) is 4.90 Å². The molecule has 45 heavy (non-hydrogen) atoms. The van der Waals surface area contributed by atoms with Crippen molar-refractivity contribution >= 4 is 28.4 Å². The lowest BCUT2D eigenvalue weighted by molar-refractivity contribution is 0.0512. The molecule has 0 radical (unpaired) electrons. The molecule has 4 aliphatic rings. The third-order valence-corrected chi connectivity index (χ3v) is 9.94. The maximum Gasteiger partial charge on any atom is 0.408 e. The Labute approximate surface area is 263 Å². The Morgan fingerprint density at radius 2 is 1.93 bits per heavy atom. The molecule has 1 N–H and O–H groups in total. The molecule has 1 aromatic heterocycles. The molecule has 3 aromatic rings.